The predicted molar refractivity (Wildman–Crippen MR) is 121 cm³/mol. The lowest BCUT2D eigenvalue weighted by Crippen LogP contribution is -2.51. The lowest BCUT2D eigenvalue weighted by atomic mass is 9.94. The first kappa shape index (κ1) is 22.2. The molecule has 1 aromatic heterocycles. The number of pyridine rings is 1. The number of nitrogens with zero attached hydrogens (tertiary/aromatic N) is 1. The van der Waals surface area contributed by atoms with Crippen LogP contribution in [-0.2, 0) is 16.0 Å². The maximum atomic E-state index is 12.7. The molecule has 0 saturated carbocycles. The Bertz CT molecular complexity index is 1140. The van der Waals surface area contributed by atoms with E-state index >= 15 is 0 Å². The molecule has 2 amide bonds. The molecule has 0 radical (unpaired) electrons. The SMILES string of the molecule is Cc1cc(Cc2ccc(C(=O)N[C@@H]3CCOC[C@@H]3C(=O)NO)cc2)c2ccc(Cl)cc2n1. The quantitative estimate of drug-likeness (QED) is 0.406. The number of rotatable bonds is 5. The summed E-state index contributed by atoms with van der Waals surface area (Å²) in [6.45, 7) is 2.56. The first-order valence-corrected chi connectivity index (χ1v) is 10.8. The van der Waals surface area contributed by atoms with E-state index in [4.69, 9.17) is 21.5 Å². The van der Waals surface area contributed by atoms with Gasteiger partial charge in [0, 0.05) is 34.3 Å². The van der Waals surface area contributed by atoms with Gasteiger partial charge >= 0.3 is 0 Å². The third kappa shape index (κ3) is 4.91. The standard InChI is InChI=1S/C24H24ClN3O4/c1-14-10-17(19-7-6-18(25)12-22(19)26-14)11-15-2-4-16(5-3-15)23(29)27-21-8-9-32-13-20(21)24(30)28-31/h2-7,10,12,20-21,31H,8-9,11,13H2,1H3,(H,27,29)(H,28,30)/t20-,21+/m0/s1. The van der Waals surface area contributed by atoms with Gasteiger partial charge in [-0.2, -0.15) is 0 Å². The van der Waals surface area contributed by atoms with Crippen molar-refractivity contribution in [2.75, 3.05) is 13.2 Å². The molecule has 1 saturated heterocycles. The van der Waals surface area contributed by atoms with Gasteiger partial charge in [-0.05, 0) is 61.2 Å². The summed E-state index contributed by atoms with van der Waals surface area (Å²) in [6.07, 6.45) is 1.20. The number of aromatic nitrogens is 1. The van der Waals surface area contributed by atoms with E-state index in [2.05, 4.69) is 16.4 Å². The summed E-state index contributed by atoms with van der Waals surface area (Å²) in [5.41, 5.74) is 6.14. The van der Waals surface area contributed by atoms with Crippen LogP contribution in [0.2, 0.25) is 5.02 Å². The van der Waals surface area contributed by atoms with Gasteiger partial charge in [0.1, 0.15) is 0 Å². The molecule has 166 valence electrons. The smallest absolute Gasteiger partial charge is 0.251 e. The number of hydroxylamine groups is 1. The van der Waals surface area contributed by atoms with Crippen molar-refractivity contribution in [2.24, 2.45) is 5.92 Å². The fourth-order valence-corrected chi connectivity index (χ4v) is 4.23. The van der Waals surface area contributed by atoms with E-state index in [0.717, 1.165) is 27.7 Å². The summed E-state index contributed by atoms with van der Waals surface area (Å²) in [6, 6.07) is 14.8. The van der Waals surface area contributed by atoms with Crippen molar-refractivity contribution in [1.29, 1.82) is 0 Å². The number of aryl methyl sites for hydroxylation is 1. The summed E-state index contributed by atoms with van der Waals surface area (Å²) in [7, 11) is 0. The van der Waals surface area contributed by atoms with Crippen molar-refractivity contribution in [2.45, 2.75) is 25.8 Å². The third-order valence-corrected chi connectivity index (χ3v) is 5.95. The number of hydrogen-bond donors (Lipinski definition) is 3. The van der Waals surface area contributed by atoms with Crippen LogP contribution in [0, 0.1) is 12.8 Å². The van der Waals surface area contributed by atoms with Crippen molar-refractivity contribution in [3.8, 4) is 0 Å². The fourth-order valence-electron chi connectivity index (χ4n) is 4.06. The zero-order valence-corrected chi connectivity index (χ0v) is 18.4. The van der Waals surface area contributed by atoms with Crippen LogP contribution in [0.25, 0.3) is 10.9 Å². The molecule has 7 nitrogen and oxygen atoms in total. The molecule has 8 heteroatoms. The summed E-state index contributed by atoms with van der Waals surface area (Å²) in [5.74, 6) is -1.46. The van der Waals surface area contributed by atoms with Crippen LogP contribution in [0.4, 0.5) is 0 Å². The molecule has 4 rings (SSSR count). The number of fused-ring (bicyclic) bond motifs is 1. The molecule has 1 aliphatic rings. The zero-order chi connectivity index (χ0) is 22.7. The van der Waals surface area contributed by atoms with Crippen molar-refractivity contribution in [3.05, 3.63) is 75.9 Å². The van der Waals surface area contributed by atoms with Gasteiger partial charge in [0.05, 0.1) is 18.0 Å². The highest BCUT2D eigenvalue weighted by Gasteiger charge is 2.32. The van der Waals surface area contributed by atoms with Gasteiger partial charge in [-0.1, -0.05) is 29.8 Å². The van der Waals surface area contributed by atoms with E-state index in [0.29, 0.717) is 30.0 Å². The highest BCUT2D eigenvalue weighted by molar-refractivity contribution is 6.31. The minimum atomic E-state index is -0.631. The number of carbonyl (C=O) groups is 2. The van der Waals surface area contributed by atoms with Gasteiger partial charge in [0.25, 0.3) is 11.8 Å². The average Bonchev–Trinajstić information content (AvgIpc) is 2.79. The molecule has 3 N–H and O–H groups in total. The summed E-state index contributed by atoms with van der Waals surface area (Å²) >= 11 is 6.12. The van der Waals surface area contributed by atoms with Crippen LogP contribution in [0.5, 0.6) is 0 Å². The van der Waals surface area contributed by atoms with Crippen LogP contribution < -0.4 is 10.8 Å². The number of halogens is 1. The van der Waals surface area contributed by atoms with Crippen LogP contribution >= 0.6 is 11.6 Å². The molecule has 32 heavy (non-hydrogen) atoms. The normalized spacial score (nSPS) is 18.3. The number of ether oxygens (including phenoxy) is 1. The Hall–Kier alpha value is -3.00. The van der Waals surface area contributed by atoms with E-state index in [1.54, 1.807) is 17.6 Å². The minimum Gasteiger partial charge on any atom is -0.380 e. The minimum absolute atomic E-state index is 0.154. The molecule has 0 spiro atoms. The van der Waals surface area contributed by atoms with Crippen molar-refractivity contribution < 1.29 is 19.5 Å². The third-order valence-electron chi connectivity index (χ3n) is 5.72. The highest BCUT2D eigenvalue weighted by Crippen LogP contribution is 2.24. The van der Waals surface area contributed by atoms with E-state index in [-0.39, 0.29) is 12.5 Å². The van der Waals surface area contributed by atoms with Gasteiger partial charge in [-0.3, -0.25) is 19.8 Å². The Morgan fingerprint density at radius 1 is 1.19 bits per heavy atom. The molecule has 2 heterocycles. The number of benzene rings is 2. The van der Waals surface area contributed by atoms with Gasteiger partial charge in [0.2, 0.25) is 0 Å². The monoisotopic (exact) mass is 453 g/mol. The second kappa shape index (κ2) is 9.65. The Labute approximate surface area is 190 Å². The molecular weight excluding hydrogens is 430 g/mol. The van der Waals surface area contributed by atoms with E-state index in [1.807, 2.05) is 37.3 Å². The van der Waals surface area contributed by atoms with Crippen molar-refractivity contribution >= 4 is 34.3 Å². The zero-order valence-electron chi connectivity index (χ0n) is 17.6. The van der Waals surface area contributed by atoms with Crippen LogP contribution in [0.3, 0.4) is 0 Å². The number of amides is 2. The Kier molecular flexibility index (Phi) is 6.69. The van der Waals surface area contributed by atoms with E-state index < -0.39 is 17.9 Å². The van der Waals surface area contributed by atoms with Gasteiger partial charge in [-0.25, -0.2) is 5.48 Å². The summed E-state index contributed by atoms with van der Waals surface area (Å²) < 4.78 is 5.31. The molecule has 0 unspecified atom stereocenters. The molecular formula is C24H24ClN3O4. The number of carbonyl (C=O) groups excluding carboxylic acids is 2. The van der Waals surface area contributed by atoms with E-state index in [9.17, 15) is 9.59 Å². The molecule has 2 aromatic carbocycles. The lowest BCUT2D eigenvalue weighted by Gasteiger charge is -2.30. The Morgan fingerprint density at radius 3 is 2.72 bits per heavy atom. The molecule has 0 aliphatic carbocycles. The second-order valence-electron chi connectivity index (χ2n) is 7.98. The highest BCUT2D eigenvalue weighted by atomic mass is 35.5. The fraction of sp³-hybridized carbons (Fsp3) is 0.292. The first-order chi connectivity index (χ1) is 15.4. The Morgan fingerprint density at radius 2 is 1.97 bits per heavy atom. The summed E-state index contributed by atoms with van der Waals surface area (Å²) in [4.78, 5) is 29.1. The maximum Gasteiger partial charge on any atom is 0.251 e. The Balaban J connectivity index is 1.48. The van der Waals surface area contributed by atoms with Crippen LogP contribution in [0.15, 0.2) is 48.5 Å². The second-order valence-corrected chi connectivity index (χ2v) is 8.42. The summed E-state index contributed by atoms with van der Waals surface area (Å²) in [5, 5.41) is 13.5. The van der Waals surface area contributed by atoms with Gasteiger partial charge in [-0.15, -0.1) is 0 Å². The van der Waals surface area contributed by atoms with E-state index in [1.165, 1.54) is 0 Å². The maximum absolute atomic E-state index is 12.7. The van der Waals surface area contributed by atoms with Crippen molar-refractivity contribution in [1.82, 2.24) is 15.8 Å². The van der Waals surface area contributed by atoms with Crippen LogP contribution in [-0.4, -0.2) is 41.3 Å². The first-order valence-electron chi connectivity index (χ1n) is 10.4. The molecule has 0 bridgehead atoms. The predicted octanol–water partition coefficient (Wildman–Crippen LogP) is 3.43. The average molecular weight is 454 g/mol. The molecule has 2 atom stereocenters. The lowest BCUT2D eigenvalue weighted by molar-refractivity contribution is -0.138. The van der Waals surface area contributed by atoms with Crippen molar-refractivity contribution in [3.63, 3.8) is 0 Å². The van der Waals surface area contributed by atoms with Gasteiger partial charge in [0.15, 0.2) is 0 Å². The number of hydrogen-bond acceptors (Lipinski definition) is 5. The van der Waals surface area contributed by atoms with Crippen LogP contribution in [0.1, 0.15) is 33.6 Å². The molecule has 1 fully saturated rings. The number of nitrogens with one attached hydrogen (secondary N) is 2. The molecule has 1 aliphatic heterocycles. The molecule has 3 aromatic rings. The topological polar surface area (TPSA) is 101 Å². The van der Waals surface area contributed by atoms with Gasteiger partial charge < -0.3 is 10.1 Å². The largest absolute Gasteiger partial charge is 0.380 e.